The Kier molecular flexibility index (Phi) is 4.76. The van der Waals surface area contributed by atoms with Gasteiger partial charge in [-0.15, -0.1) is 0 Å². The second-order valence-corrected chi connectivity index (χ2v) is 6.40. The number of halogens is 1. The minimum Gasteiger partial charge on any atom is -0.441 e. The van der Waals surface area contributed by atoms with Gasteiger partial charge in [0.15, 0.2) is 11.5 Å². The molecule has 0 fully saturated rings. The maximum Gasteiger partial charge on any atom is 0.251 e. The van der Waals surface area contributed by atoms with Crippen LogP contribution >= 0.6 is 0 Å². The molecule has 0 aliphatic heterocycles. The summed E-state index contributed by atoms with van der Waals surface area (Å²) in [7, 11) is 0. The topological polar surface area (TPSA) is 67.2 Å². The molecule has 1 atom stereocenters. The molecule has 0 radical (unpaired) electrons. The molecule has 6 heteroatoms. The molecule has 0 aliphatic carbocycles. The van der Waals surface area contributed by atoms with Gasteiger partial charge >= 0.3 is 0 Å². The number of aryl methyl sites for hydroxylation is 1. The first kappa shape index (κ1) is 17.7. The van der Waals surface area contributed by atoms with Gasteiger partial charge in [-0.2, -0.15) is 0 Å². The fourth-order valence-corrected chi connectivity index (χ4v) is 2.99. The molecule has 0 saturated heterocycles. The lowest BCUT2D eigenvalue weighted by atomic mass is 10.1. The molecular formula is C22H18FN3O2. The predicted octanol–water partition coefficient (Wildman–Crippen LogP) is 5.07. The number of fused-ring (bicyclic) bond motifs is 1. The number of anilines is 2. The lowest BCUT2D eigenvalue weighted by molar-refractivity contribution is -0.117. The molecule has 2 N–H and O–H groups in total. The Labute approximate surface area is 161 Å². The van der Waals surface area contributed by atoms with Crippen molar-refractivity contribution in [1.82, 2.24) is 4.98 Å². The van der Waals surface area contributed by atoms with E-state index in [0.29, 0.717) is 22.7 Å². The Morgan fingerprint density at radius 1 is 1.00 bits per heavy atom. The number of hydrogen-bond donors (Lipinski definition) is 2. The molecule has 3 aromatic carbocycles. The smallest absolute Gasteiger partial charge is 0.251 e. The SMILES string of the molecule is Cc1nc2cc(N[C@@H](C(=O)Nc3ccc(F)cc3)c3ccccc3)ccc2o1. The van der Waals surface area contributed by atoms with Gasteiger partial charge in [-0.1, -0.05) is 30.3 Å². The zero-order chi connectivity index (χ0) is 19.5. The number of nitrogens with zero attached hydrogens (tertiary/aromatic N) is 1. The number of hydrogen-bond acceptors (Lipinski definition) is 4. The van der Waals surface area contributed by atoms with Crippen molar-refractivity contribution in [1.29, 1.82) is 0 Å². The number of carbonyl (C=O) groups excluding carboxylic acids is 1. The molecule has 28 heavy (non-hydrogen) atoms. The molecule has 0 bridgehead atoms. The van der Waals surface area contributed by atoms with Crippen LogP contribution in [0.3, 0.4) is 0 Å². The van der Waals surface area contributed by atoms with E-state index >= 15 is 0 Å². The first-order chi connectivity index (χ1) is 13.6. The van der Waals surface area contributed by atoms with Crippen LogP contribution in [0.25, 0.3) is 11.1 Å². The normalized spacial score (nSPS) is 11.9. The minimum absolute atomic E-state index is 0.255. The van der Waals surface area contributed by atoms with Gasteiger partial charge in [0.2, 0.25) is 0 Å². The summed E-state index contributed by atoms with van der Waals surface area (Å²) in [5, 5.41) is 6.09. The van der Waals surface area contributed by atoms with Crippen LogP contribution in [0.15, 0.2) is 77.2 Å². The maximum absolute atomic E-state index is 13.1. The highest BCUT2D eigenvalue weighted by atomic mass is 19.1. The summed E-state index contributed by atoms with van der Waals surface area (Å²) in [5.74, 6) is -0.0259. The number of benzene rings is 3. The molecular weight excluding hydrogens is 357 g/mol. The average molecular weight is 375 g/mol. The second-order valence-electron chi connectivity index (χ2n) is 6.40. The van der Waals surface area contributed by atoms with Gasteiger partial charge in [0.25, 0.3) is 5.91 Å². The van der Waals surface area contributed by atoms with Crippen molar-refractivity contribution in [2.75, 3.05) is 10.6 Å². The monoisotopic (exact) mass is 375 g/mol. The Bertz CT molecular complexity index is 1110. The Hall–Kier alpha value is -3.67. The van der Waals surface area contributed by atoms with Crippen LogP contribution in [0.4, 0.5) is 15.8 Å². The molecule has 0 aliphatic rings. The van der Waals surface area contributed by atoms with E-state index in [2.05, 4.69) is 15.6 Å². The van der Waals surface area contributed by atoms with Crippen LogP contribution in [-0.4, -0.2) is 10.9 Å². The molecule has 0 spiro atoms. The fourth-order valence-electron chi connectivity index (χ4n) is 2.99. The number of oxazole rings is 1. The first-order valence-corrected chi connectivity index (χ1v) is 8.83. The number of nitrogens with one attached hydrogen (secondary N) is 2. The van der Waals surface area contributed by atoms with Crippen molar-refractivity contribution in [2.45, 2.75) is 13.0 Å². The van der Waals surface area contributed by atoms with E-state index < -0.39 is 6.04 Å². The highest BCUT2D eigenvalue weighted by Gasteiger charge is 2.21. The molecule has 1 heterocycles. The highest BCUT2D eigenvalue weighted by molar-refractivity contribution is 5.97. The molecule has 1 amide bonds. The lowest BCUT2D eigenvalue weighted by Crippen LogP contribution is -2.27. The van der Waals surface area contributed by atoms with Crippen molar-refractivity contribution in [3.05, 3.63) is 90.1 Å². The summed E-state index contributed by atoms with van der Waals surface area (Å²) in [5.41, 5.74) is 3.47. The third-order valence-electron chi connectivity index (χ3n) is 4.31. The van der Waals surface area contributed by atoms with E-state index in [1.165, 1.54) is 24.3 Å². The van der Waals surface area contributed by atoms with E-state index in [-0.39, 0.29) is 11.7 Å². The first-order valence-electron chi connectivity index (χ1n) is 8.83. The van der Waals surface area contributed by atoms with E-state index in [9.17, 15) is 9.18 Å². The number of amides is 1. The van der Waals surface area contributed by atoms with Crippen LogP contribution in [0.2, 0.25) is 0 Å². The number of carbonyl (C=O) groups is 1. The summed E-state index contributed by atoms with van der Waals surface area (Å²) < 4.78 is 18.6. The summed E-state index contributed by atoms with van der Waals surface area (Å²) in [6.07, 6.45) is 0. The molecule has 4 aromatic rings. The molecule has 4 rings (SSSR count). The zero-order valence-electron chi connectivity index (χ0n) is 15.1. The Morgan fingerprint density at radius 2 is 1.71 bits per heavy atom. The van der Waals surface area contributed by atoms with Crippen molar-refractivity contribution < 1.29 is 13.6 Å². The van der Waals surface area contributed by atoms with Crippen LogP contribution < -0.4 is 10.6 Å². The second kappa shape index (κ2) is 7.52. The lowest BCUT2D eigenvalue weighted by Gasteiger charge is -2.20. The van der Waals surface area contributed by atoms with Crippen LogP contribution in [0, 0.1) is 12.7 Å². The quantitative estimate of drug-likeness (QED) is 0.511. The molecule has 0 unspecified atom stereocenters. The molecule has 1 aromatic heterocycles. The van der Waals surface area contributed by atoms with E-state index in [1.807, 2.05) is 48.5 Å². The summed E-state index contributed by atoms with van der Waals surface area (Å²) in [6.45, 7) is 1.79. The van der Waals surface area contributed by atoms with E-state index in [4.69, 9.17) is 4.42 Å². The van der Waals surface area contributed by atoms with Crippen LogP contribution in [-0.2, 0) is 4.79 Å². The van der Waals surface area contributed by atoms with Crippen molar-refractivity contribution in [3.63, 3.8) is 0 Å². The van der Waals surface area contributed by atoms with Gasteiger partial charge in [-0.3, -0.25) is 4.79 Å². The van der Waals surface area contributed by atoms with Crippen molar-refractivity contribution >= 4 is 28.4 Å². The van der Waals surface area contributed by atoms with Crippen molar-refractivity contribution in [3.8, 4) is 0 Å². The third-order valence-corrected chi connectivity index (χ3v) is 4.31. The van der Waals surface area contributed by atoms with Gasteiger partial charge < -0.3 is 15.1 Å². The van der Waals surface area contributed by atoms with Crippen LogP contribution in [0.1, 0.15) is 17.5 Å². The van der Waals surface area contributed by atoms with Crippen LogP contribution in [0.5, 0.6) is 0 Å². The highest BCUT2D eigenvalue weighted by Crippen LogP contribution is 2.25. The molecule has 0 saturated carbocycles. The van der Waals surface area contributed by atoms with Gasteiger partial charge in [-0.05, 0) is 48.0 Å². The average Bonchev–Trinajstić information content (AvgIpc) is 3.07. The fraction of sp³-hybridized carbons (Fsp3) is 0.0909. The minimum atomic E-state index is -0.642. The largest absolute Gasteiger partial charge is 0.441 e. The Balaban J connectivity index is 1.62. The Morgan fingerprint density at radius 3 is 2.46 bits per heavy atom. The third kappa shape index (κ3) is 3.86. The number of aromatic nitrogens is 1. The molecule has 5 nitrogen and oxygen atoms in total. The van der Waals surface area contributed by atoms with Gasteiger partial charge in [0, 0.05) is 18.3 Å². The van der Waals surface area contributed by atoms with Gasteiger partial charge in [0.05, 0.1) is 0 Å². The van der Waals surface area contributed by atoms with E-state index in [0.717, 1.165) is 11.3 Å². The predicted molar refractivity (Wildman–Crippen MR) is 107 cm³/mol. The maximum atomic E-state index is 13.1. The zero-order valence-corrected chi connectivity index (χ0v) is 15.1. The van der Waals surface area contributed by atoms with E-state index in [1.54, 1.807) is 6.92 Å². The number of rotatable bonds is 5. The summed E-state index contributed by atoms with van der Waals surface area (Å²) in [6, 6.07) is 19.9. The summed E-state index contributed by atoms with van der Waals surface area (Å²) >= 11 is 0. The summed E-state index contributed by atoms with van der Waals surface area (Å²) in [4.78, 5) is 17.3. The molecule has 140 valence electrons. The van der Waals surface area contributed by atoms with Gasteiger partial charge in [-0.25, -0.2) is 9.37 Å². The van der Waals surface area contributed by atoms with Gasteiger partial charge in [0.1, 0.15) is 17.4 Å². The van der Waals surface area contributed by atoms with Crippen molar-refractivity contribution in [2.24, 2.45) is 0 Å². The standard InChI is InChI=1S/C22H18FN3O2/c1-14-24-19-13-18(11-12-20(19)28-14)25-21(15-5-3-2-4-6-15)22(27)26-17-9-7-16(23)8-10-17/h2-13,21,25H,1H3,(H,26,27)/t21-/m1/s1.